The van der Waals surface area contributed by atoms with Gasteiger partial charge in [-0.05, 0) is 50.2 Å². The van der Waals surface area contributed by atoms with Gasteiger partial charge in [0.1, 0.15) is 0 Å². The van der Waals surface area contributed by atoms with Gasteiger partial charge in [0, 0.05) is 11.1 Å². The van der Waals surface area contributed by atoms with E-state index in [1.54, 1.807) is 35.2 Å². The van der Waals surface area contributed by atoms with E-state index >= 15 is 0 Å². The molecule has 1 fully saturated rings. The third kappa shape index (κ3) is 3.14. The largest absolute Gasteiger partial charge is 0.454 e. The minimum absolute atomic E-state index is 0.119. The summed E-state index contributed by atoms with van der Waals surface area (Å²) in [6.07, 6.45) is 3.10. The van der Waals surface area contributed by atoms with Crippen LogP contribution in [0.2, 0.25) is 0 Å². The Morgan fingerprint density at radius 1 is 1.03 bits per heavy atom. The second-order valence-corrected chi connectivity index (χ2v) is 8.10. The van der Waals surface area contributed by atoms with E-state index in [9.17, 15) is 14.7 Å². The zero-order chi connectivity index (χ0) is 20.7. The Kier molecular flexibility index (Phi) is 4.72. The van der Waals surface area contributed by atoms with Crippen LogP contribution in [-0.2, 0) is 10.4 Å². The zero-order valence-corrected chi connectivity index (χ0v) is 16.7. The topological polar surface area (TPSA) is 79.3 Å². The number of carbonyl (C=O) groups is 2. The monoisotopic (exact) mass is 408 g/mol. The Hall–Kier alpha value is -2.90. The lowest BCUT2D eigenvalue weighted by atomic mass is 9.88. The molecule has 7 heteroatoms. The number of nitrogens with zero attached hydrogens (tertiary/aromatic N) is 2. The quantitative estimate of drug-likeness (QED) is 0.767. The van der Waals surface area contributed by atoms with Gasteiger partial charge in [0.05, 0.1) is 18.8 Å². The molecule has 0 aliphatic carbocycles. The second kappa shape index (κ2) is 7.41. The summed E-state index contributed by atoms with van der Waals surface area (Å²) in [5.41, 5.74) is -0.331. The van der Waals surface area contributed by atoms with Crippen LogP contribution in [0.4, 0.5) is 5.69 Å². The fourth-order valence-corrected chi connectivity index (χ4v) is 4.52. The van der Waals surface area contributed by atoms with Gasteiger partial charge in [0.2, 0.25) is 6.79 Å². The van der Waals surface area contributed by atoms with E-state index in [1.807, 2.05) is 12.1 Å². The Morgan fingerprint density at radius 2 is 1.80 bits per heavy atom. The number of aliphatic hydroxyl groups is 1. The summed E-state index contributed by atoms with van der Waals surface area (Å²) in [6, 6.07) is 12.1. The molecule has 156 valence electrons. The molecule has 0 saturated carbocycles. The van der Waals surface area contributed by atoms with Crippen LogP contribution in [0.25, 0.3) is 0 Å². The number of benzene rings is 2. The summed E-state index contributed by atoms with van der Waals surface area (Å²) >= 11 is 0. The first-order chi connectivity index (χ1) is 14.6. The van der Waals surface area contributed by atoms with Crippen LogP contribution in [0.5, 0.6) is 11.5 Å². The van der Waals surface area contributed by atoms with E-state index in [0.717, 1.165) is 25.9 Å². The number of piperidine rings is 1. The molecule has 0 radical (unpaired) electrons. The van der Waals surface area contributed by atoms with Gasteiger partial charge < -0.3 is 14.6 Å². The van der Waals surface area contributed by atoms with Gasteiger partial charge in [-0.1, -0.05) is 24.6 Å². The molecule has 2 aromatic rings. The van der Waals surface area contributed by atoms with E-state index in [4.69, 9.17) is 9.47 Å². The minimum Gasteiger partial charge on any atom is -0.454 e. The maximum Gasteiger partial charge on any atom is 0.265 e. The number of hydrogen-bond acceptors (Lipinski definition) is 6. The minimum atomic E-state index is -1.88. The van der Waals surface area contributed by atoms with Gasteiger partial charge in [-0.3, -0.25) is 19.4 Å². The fourth-order valence-electron chi connectivity index (χ4n) is 4.52. The highest BCUT2D eigenvalue weighted by atomic mass is 16.7. The Labute approximate surface area is 174 Å². The molecule has 5 rings (SSSR count). The van der Waals surface area contributed by atoms with E-state index < -0.39 is 11.5 Å². The molecular weight excluding hydrogens is 384 g/mol. The van der Waals surface area contributed by atoms with Crippen molar-refractivity contribution in [3.8, 4) is 11.5 Å². The van der Waals surface area contributed by atoms with Crippen molar-refractivity contribution >= 4 is 17.4 Å². The Bertz CT molecular complexity index is 1000. The number of hydrogen-bond donors (Lipinski definition) is 1. The lowest BCUT2D eigenvalue weighted by Gasteiger charge is -2.31. The highest BCUT2D eigenvalue weighted by Crippen LogP contribution is 2.43. The summed E-state index contributed by atoms with van der Waals surface area (Å²) < 4.78 is 10.6. The van der Waals surface area contributed by atoms with Crippen molar-refractivity contribution in [2.45, 2.75) is 31.3 Å². The molecule has 30 heavy (non-hydrogen) atoms. The number of para-hydroxylation sites is 1. The number of ketones is 1. The van der Waals surface area contributed by atoms with Crippen LogP contribution in [0.3, 0.4) is 0 Å². The number of amides is 1. The summed E-state index contributed by atoms with van der Waals surface area (Å²) in [4.78, 5) is 30.2. The predicted octanol–water partition coefficient (Wildman–Crippen LogP) is 2.67. The average molecular weight is 408 g/mol. The molecule has 7 nitrogen and oxygen atoms in total. The molecule has 0 bridgehead atoms. The predicted molar refractivity (Wildman–Crippen MR) is 110 cm³/mol. The van der Waals surface area contributed by atoms with Crippen molar-refractivity contribution in [1.29, 1.82) is 0 Å². The first kappa shape index (κ1) is 19.1. The van der Waals surface area contributed by atoms with E-state index in [1.165, 1.54) is 6.42 Å². The summed E-state index contributed by atoms with van der Waals surface area (Å²) in [6.45, 7) is 2.41. The first-order valence-corrected chi connectivity index (χ1v) is 10.4. The van der Waals surface area contributed by atoms with E-state index in [2.05, 4.69) is 4.90 Å². The molecule has 0 aromatic heterocycles. The van der Waals surface area contributed by atoms with Crippen LogP contribution in [-0.4, -0.2) is 48.2 Å². The van der Waals surface area contributed by atoms with Crippen LogP contribution in [0, 0.1) is 0 Å². The number of anilines is 1. The van der Waals surface area contributed by atoms with Crippen LogP contribution in [0.1, 0.15) is 41.6 Å². The van der Waals surface area contributed by atoms with Crippen molar-refractivity contribution in [3.63, 3.8) is 0 Å². The number of ether oxygens (including phenoxy) is 2. The third-order valence-corrected chi connectivity index (χ3v) is 6.14. The molecule has 1 N–H and O–H groups in total. The number of rotatable bonds is 5. The average Bonchev–Trinajstić information content (AvgIpc) is 3.32. The molecule has 0 unspecified atom stereocenters. The molecule has 1 saturated heterocycles. The number of carbonyl (C=O) groups excluding carboxylic acids is 2. The highest BCUT2D eigenvalue weighted by molar-refractivity contribution is 6.10. The lowest BCUT2D eigenvalue weighted by Crippen LogP contribution is -2.47. The molecule has 3 aliphatic rings. The molecule has 1 atom stereocenters. The number of Topliss-reactive ketones (excluding diaryl/α,β-unsaturated/α-hetero) is 1. The zero-order valence-electron chi connectivity index (χ0n) is 16.7. The van der Waals surface area contributed by atoms with Gasteiger partial charge in [0.15, 0.2) is 22.9 Å². The summed E-state index contributed by atoms with van der Waals surface area (Å²) in [5.74, 6) is 0.320. The van der Waals surface area contributed by atoms with E-state index in [-0.39, 0.29) is 19.0 Å². The smallest absolute Gasteiger partial charge is 0.265 e. The Balaban J connectivity index is 1.42. The van der Waals surface area contributed by atoms with E-state index in [0.29, 0.717) is 35.0 Å². The van der Waals surface area contributed by atoms with Gasteiger partial charge in [-0.25, -0.2) is 0 Å². The van der Waals surface area contributed by atoms with Crippen LogP contribution in [0.15, 0.2) is 42.5 Å². The first-order valence-electron chi connectivity index (χ1n) is 10.4. The Morgan fingerprint density at radius 3 is 2.63 bits per heavy atom. The molecular formula is C23H24N2O5. The van der Waals surface area contributed by atoms with Crippen molar-refractivity contribution < 1.29 is 24.2 Å². The van der Waals surface area contributed by atoms with Gasteiger partial charge >= 0.3 is 0 Å². The summed E-state index contributed by atoms with van der Waals surface area (Å²) in [5, 5.41) is 11.5. The second-order valence-electron chi connectivity index (χ2n) is 8.10. The molecule has 1 amide bonds. The molecule has 2 aromatic carbocycles. The van der Waals surface area contributed by atoms with Gasteiger partial charge in [-0.2, -0.15) is 0 Å². The SMILES string of the molecule is O=C(C[C@]1(O)C(=O)N(CN2CCCCC2)c2ccccc21)c1ccc2c(c1)OCO2. The number of likely N-dealkylation sites (tertiary alicyclic amines) is 1. The van der Waals surface area contributed by atoms with Crippen molar-refractivity contribution in [2.24, 2.45) is 0 Å². The third-order valence-electron chi connectivity index (χ3n) is 6.14. The van der Waals surface area contributed by atoms with Crippen molar-refractivity contribution in [3.05, 3.63) is 53.6 Å². The van der Waals surface area contributed by atoms with Gasteiger partial charge in [0.25, 0.3) is 5.91 Å². The van der Waals surface area contributed by atoms with Crippen molar-refractivity contribution in [1.82, 2.24) is 4.90 Å². The number of fused-ring (bicyclic) bond motifs is 2. The molecule has 0 spiro atoms. The highest BCUT2D eigenvalue weighted by Gasteiger charge is 2.51. The standard InChI is InChI=1S/C23H24N2O5/c26-19(16-8-9-20-21(12-16)30-15-29-20)13-23(28)17-6-2-3-7-18(17)25(22(23)27)14-24-10-4-1-5-11-24/h2-3,6-9,12,28H,1,4-5,10-11,13-15H2/t23-/m1/s1. The van der Waals surface area contributed by atoms with Gasteiger partial charge in [-0.15, -0.1) is 0 Å². The van der Waals surface area contributed by atoms with Crippen molar-refractivity contribution in [2.75, 3.05) is 31.5 Å². The van der Waals surface area contributed by atoms with Crippen LogP contribution < -0.4 is 14.4 Å². The maximum absolute atomic E-state index is 13.4. The molecule has 3 heterocycles. The van der Waals surface area contributed by atoms with Crippen LogP contribution >= 0.6 is 0 Å². The summed E-state index contributed by atoms with van der Waals surface area (Å²) in [7, 11) is 0. The maximum atomic E-state index is 13.4. The molecule has 3 aliphatic heterocycles. The normalized spacial score (nSPS) is 23.0. The lowest BCUT2D eigenvalue weighted by molar-refractivity contribution is -0.136. The fraction of sp³-hybridized carbons (Fsp3) is 0.391.